The molecule has 5 heteroatoms. The first-order valence-electron chi connectivity index (χ1n) is 7.96. The van der Waals surface area contributed by atoms with Crippen molar-refractivity contribution in [2.24, 2.45) is 10.4 Å². The summed E-state index contributed by atoms with van der Waals surface area (Å²) in [7, 11) is 0. The van der Waals surface area contributed by atoms with Crippen LogP contribution in [-0.2, 0) is 4.79 Å². The van der Waals surface area contributed by atoms with Gasteiger partial charge < -0.3 is 5.11 Å². The number of aryl methyl sites for hydroxylation is 1. The van der Waals surface area contributed by atoms with E-state index in [9.17, 15) is 9.90 Å². The van der Waals surface area contributed by atoms with E-state index in [1.807, 2.05) is 51.1 Å². The van der Waals surface area contributed by atoms with E-state index in [-0.39, 0.29) is 22.5 Å². The number of aliphatic hydroxyl groups excluding tert-OH is 1. The highest BCUT2D eigenvalue weighted by atomic mass is 16.3. The van der Waals surface area contributed by atoms with Gasteiger partial charge in [0.25, 0.3) is 0 Å². The molecular formula is C19H21N3O2. The van der Waals surface area contributed by atoms with Gasteiger partial charge in [-0.2, -0.15) is 5.10 Å². The first kappa shape index (κ1) is 16.2. The van der Waals surface area contributed by atoms with Crippen LogP contribution in [0.2, 0.25) is 0 Å². The van der Waals surface area contributed by atoms with Crippen LogP contribution in [0.15, 0.2) is 46.7 Å². The molecule has 1 aromatic carbocycles. The number of aromatic nitrogens is 2. The first-order valence-corrected chi connectivity index (χ1v) is 7.96. The minimum atomic E-state index is -0.205. The molecule has 1 aliphatic rings. The summed E-state index contributed by atoms with van der Waals surface area (Å²) in [6.45, 7) is 5.97. The molecule has 5 nitrogen and oxygen atoms in total. The molecule has 24 heavy (non-hydrogen) atoms. The van der Waals surface area contributed by atoms with Gasteiger partial charge >= 0.3 is 0 Å². The van der Waals surface area contributed by atoms with E-state index in [4.69, 9.17) is 0 Å². The second-order valence-corrected chi connectivity index (χ2v) is 7.07. The number of allylic oxidation sites excluding steroid dienone is 2. The topological polar surface area (TPSA) is 78.3 Å². The Morgan fingerprint density at radius 2 is 1.96 bits per heavy atom. The fourth-order valence-corrected chi connectivity index (χ4v) is 2.84. The number of Topliss-reactive ketones (excluding diaryl/α,β-unsaturated/α-hetero) is 1. The number of aliphatic imine (C=N–C) groups is 1. The number of nitrogens with zero attached hydrogens (tertiary/aromatic N) is 2. The molecule has 0 bridgehead atoms. The summed E-state index contributed by atoms with van der Waals surface area (Å²) in [5, 5.41) is 17.2. The van der Waals surface area contributed by atoms with E-state index < -0.39 is 0 Å². The number of aliphatic hydroxyl groups is 1. The van der Waals surface area contributed by atoms with Gasteiger partial charge in [0.1, 0.15) is 5.76 Å². The fourth-order valence-electron chi connectivity index (χ4n) is 2.84. The van der Waals surface area contributed by atoms with Crippen LogP contribution in [0.5, 0.6) is 0 Å². The SMILES string of the molecule is Cc1ccc(-c2cc(N=CC3=C(O)CC(C)(C)CC3=O)n[nH]2)cc1. The summed E-state index contributed by atoms with van der Waals surface area (Å²) in [5.41, 5.74) is 3.15. The van der Waals surface area contributed by atoms with Crippen molar-refractivity contribution in [2.45, 2.75) is 33.6 Å². The van der Waals surface area contributed by atoms with Gasteiger partial charge in [0.2, 0.25) is 0 Å². The smallest absolute Gasteiger partial charge is 0.174 e. The molecule has 0 unspecified atom stereocenters. The molecule has 0 radical (unpaired) electrons. The third kappa shape index (κ3) is 3.45. The molecule has 3 rings (SSSR count). The molecule has 1 aliphatic carbocycles. The summed E-state index contributed by atoms with van der Waals surface area (Å²) >= 11 is 0. The van der Waals surface area contributed by atoms with E-state index in [1.165, 1.54) is 11.8 Å². The van der Waals surface area contributed by atoms with Crippen molar-refractivity contribution < 1.29 is 9.90 Å². The van der Waals surface area contributed by atoms with Gasteiger partial charge in [-0.15, -0.1) is 0 Å². The predicted octanol–water partition coefficient (Wildman–Crippen LogP) is 4.29. The average Bonchev–Trinajstić information content (AvgIpc) is 2.95. The Morgan fingerprint density at radius 3 is 2.62 bits per heavy atom. The maximum Gasteiger partial charge on any atom is 0.174 e. The summed E-state index contributed by atoms with van der Waals surface area (Å²) < 4.78 is 0. The van der Waals surface area contributed by atoms with Crippen molar-refractivity contribution in [2.75, 3.05) is 0 Å². The third-order valence-electron chi connectivity index (χ3n) is 4.15. The van der Waals surface area contributed by atoms with Crippen molar-refractivity contribution in [1.82, 2.24) is 10.2 Å². The molecule has 1 heterocycles. The van der Waals surface area contributed by atoms with Gasteiger partial charge in [-0.25, -0.2) is 4.99 Å². The summed E-state index contributed by atoms with van der Waals surface area (Å²) in [6, 6.07) is 9.90. The normalized spacial score (nSPS) is 17.7. The zero-order valence-electron chi connectivity index (χ0n) is 14.1. The molecule has 0 atom stereocenters. The molecule has 2 N–H and O–H groups in total. The molecule has 0 spiro atoms. The maximum absolute atomic E-state index is 12.2. The molecule has 0 saturated carbocycles. The van der Waals surface area contributed by atoms with Gasteiger partial charge in [0.05, 0.1) is 11.3 Å². The van der Waals surface area contributed by atoms with Crippen molar-refractivity contribution in [3.63, 3.8) is 0 Å². The number of hydrogen-bond donors (Lipinski definition) is 2. The average molecular weight is 323 g/mol. The van der Waals surface area contributed by atoms with Crippen LogP contribution in [0.1, 0.15) is 32.3 Å². The zero-order valence-corrected chi connectivity index (χ0v) is 14.1. The number of benzene rings is 1. The lowest BCUT2D eigenvalue weighted by Gasteiger charge is -2.28. The Bertz CT molecular complexity index is 827. The van der Waals surface area contributed by atoms with Gasteiger partial charge in [0, 0.05) is 25.1 Å². The van der Waals surface area contributed by atoms with E-state index in [0.717, 1.165) is 11.3 Å². The van der Waals surface area contributed by atoms with Crippen molar-refractivity contribution in [3.05, 3.63) is 47.2 Å². The molecule has 1 aromatic heterocycles. The largest absolute Gasteiger partial charge is 0.511 e. The number of ketones is 1. The number of hydrogen-bond acceptors (Lipinski definition) is 4. The highest BCUT2D eigenvalue weighted by Gasteiger charge is 2.32. The minimum Gasteiger partial charge on any atom is -0.511 e. The summed E-state index contributed by atoms with van der Waals surface area (Å²) in [6.07, 6.45) is 2.31. The van der Waals surface area contributed by atoms with Gasteiger partial charge in [-0.3, -0.25) is 9.89 Å². The highest BCUT2D eigenvalue weighted by Crippen LogP contribution is 2.35. The maximum atomic E-state index is 12.2. The predicted molar refractivity (Wildman–Crippen MR) is 94.6 cm³/mol. The second kappa shape index (κ2) is 6.07. The molecular weight excluding hydrogens is 302 g/mol. The summed E-state index contributed by atoms with van der Waals surface area (Å²) in [4.78, 5) is 16.4. The lowest BCUT2D eigenvalue weighted by Crippen LogP contribution is -2.26. The third-order valence-corrected chi connectivity index (χ3v) is 4.15. The van der Waals surface area contributed by atoms with Gasteiger partial charge in [-0.1, -0.05) is 43.7 Å². The molecule has 124 valence electrons. The number of rotatable bonds is 3. The minimum absolute atomic E-state index is 0.0817. The van der Waals surface area contributed by atoms with Gasteiger partial charge in [0.15, 0.2) is 11.6 Å². The van der Waals surface area contributed by atoms with Crippen LogP contribution in [-0.4, -0.2) is 27.3 Å². The number of nitrogens with one attached hydrogen (secondary N) is 1. The highest BCUT2D eigenvalue weighted by molar-refractivity contribution is 6.14. The second-order valence-electron chi connectivity index (χ2n) is 7.07. The monoisotopic (exact) mass is 323 g/mol. The standard InChI is InChI=1S/C19H21N3O2/c1-12-4-6-13(7-5-12)15-8-18(22-21-15)20-11-14-16(23)9-19(2,3)10-17(14)24/h4-8,11,23H,9-10H2,1-3H3,(H,21,22). The van der Waals surface area contributed by atoms with E-state index in [0.29, 0.717) is 18.7 Å². The molecule has 0 saturated heterocycles. The molecule has 0 amide bonds. The Kier molecular flexibility index (Phi) is 4.09. The van der Waals surface area contributed by atoms with E-state index in [1.54, 1.807) is 0 Å². The first-order chi connectivity index (χ1) is 11.3. The molecule has 0 aliphatic heterocycles. The van der Waals surface area contributed by atoms with Crippen LogP contribution in [0.3, 0.4) is 0 Å². The van der Waals surface area contributed by atoms with E-state index in [2.05, 4.69) is 15.2 Å². The zero-order chi connectivity index (χ0) is 17.3. The van der Waals surface area contributed by atoms with Crippen LogP contribution in [0.25, 0.3) is 11.3 Å². The lowest BCUT2D eigenvalue weighted by molar-refractivity contribution is -0.117. The Labute approximate surface area is 141 Å². The number of carbonyl (C=O) groups excluding carboxylic acids is 1. The van der Waals surface area contributed by atoms with Crippen LogP contribution < -0.4 is 0 Å². The van der Waals surface area contributed by atoms with Crippen molar-refractivity contribution in [3.8, 4) is 11.3 Å². The number of H-pyrrole nitrogens is 1. The molecule has 0 fully saturated rings. The molecule has 2 aromatic rings. The van der Waals surface area contributed by atoms with Crippen LogP contribution in [0.4, 0.5) is 5.82 Å². The van der Waals surface area contributed by atoms with Crippen molar-refractivity contribution >= 4 is 17.8 Å². The quantitative estimate of drug-likeness (QED) is 0.827. The van der Waals surface area contributed by atoms with Gasteiger partial charge in [-0.05, 0) is 17.9 Å². The Morgan fingerprint density at radius 1 is 1.25 bits per heavy atom. The Hall–Kier alpha value is -2.69. The van der Waals surface area contributed by atoms with Crippen LogP contribution >= 0.6 is 0 Å². The van der Waals surface area contributed by atoms with Crippen molar-refractivity contribution in [1.29, 1.82) is 0 Å². The number of carbonyl (C=O) groups is 1. The fraction of sp³-hybridized carbons (Fsp3) is 0.316. The summed E-state index contributed by atoms with van der Waals surface area (Å²) in [5.74, 6) is 0.500. The van der Waals surface area contributed by atoms with E-state index >= 15 is 0 Å². The lowest BCUT2D eigenvalue weighted by atomic mass is 9.77. The van der Waals surface area contributed by atoms with Crippen LogP contribution in [0, 0.1) is 12.3 Å². The number of aromatic amines is 1. The Balaban J connectivity index is 1.81.